The maximum absolute atomic E-state index is 12.5. The monoisotopic (exact) mass is 377 g/mol. The van der Waals surface area contributed by atoms with Crippen molar-refractivity contribution in [2.24, 2.45) is 0 Å². The van der Waals surface area contributed by atoms with Crippen LogP contribution in [0.3, 0.4) is 0 Å². The van der Waals surface area contributed by atoms with E-state index in [-0.39, 0.29) is 18.0 Å². The van der Waals surface area contributed by atoms with Gasteiger partial charge in [-0.05, 0) is 43.2 Å². The molecule has 0 saturated heterocycles. The molecule has 1 aromatic heterocycles. The first-order valence-electron chi connectivity index (χ1n) is 8.67. The molecule has 3 rings (SSSR count). The lowest BCUT2D eigenvalue weighted by Gasteiger charge is -2.13. The highest BCUT2D eigenvalue weighted by atomic mass is 16.6. The van der Waals surface area contributed by atoms with Crippen LogP contribution in [0.1, 0.15) is 16.7 Å². The van der Waals surface area contributed by atoms with Crippen LogP contribution >= 0.6 is 0 Å². The quantitative estimate of drug-likeness (QED) is 0.501. The molecule has 7 heteroatoms. The summed E-state index contributed by atoms with van der Waals surface area (Å²) in [5.41, 5.74) is 2.70. The molecule has 0 saturated carbocycles. The third-order valence-electron chi connectivity index (χ3n) is 4.35. The zero-order chi connectivity index (χ0) is 20.1. The number of amides is 1. The molecule has 0 atom stereocenters. The molecule has 0 aliphatic heterocycles. The van der Waals surface area contributed by atoms with Crippen LogP contribution in [-0.4, -0.2) is 15.8 Å². The molecular weight excluding hydrogens is 358 g/mol. The Morgan fingerprint density at radius 2 is 1.89 bits per heavy atom. The van der Waals surface area contributed by atoms with Crippen LogP contribution in [-0.2, 0) is 11.2 Å². The van der Waals surface area contributed by atoms with Gasteiger partial charge >= 0.3 is 0 Å². The van der Waals surface area contributed by atoms with Gasteiger partial charge in [-0.25, -0.2) is 4.98 Å². The van der Waals surface area contributed by atoms with E-state index in [9.17, 15) is 14.9 Å². The van der Waals surface area contributed by atoms with E-state index in [1.165, 1.54) is 6.07 Å². The summed E-state index contributed by atoms with van der Waals surface area (Å²) in [5, 5.41) is 13.9. The van der Waals surface area contributed by atoms with E-state index in [1.54, 1.807) is 36.5 Å². The number of aryl methyl sites for hydroxylation is 1. The summed E-state index contributed by atoms with van der Waals surface area (Å²) in [5.74, 6) is 0.508. The van der Waals surface area contributed by atoms with Crippen LogP contribution in [0, 0.1) is 24.0 Å². The van der Waals surface area contributed by atoms with Crippen molar-refractivity contribution < 1.29 is 14.5 Å². The summed E-state index contributed by atoms with van der Waals surface area (Å²) in [6.45, 7) is 3.93. The average molecular weight is 377 g/mol. The van der Waals surface area contributed by atoms with Crippen molar-refractivity contribution in [3.05, 3.63) is 87.6 Å². The standard InChI is InChI=1S/C21H19N3O4/c1-14-7-5-11-19(15(14)2)28-21-17(9-6-12-22-21)23-20(25)13-16-8-3-4-10-18(16)24(26)27/h3-12H,13H2,1-2H3,(H,23,25). The van der Waals surface area contributed by atoms with Crippen molar-refractivity contribution in [1.82, 2.24) is 4.98 Å². The van der Waals surface area contributed by atoms with Gasteiger partial charge in [0, 0.05) is 17.8 Å². The van der Waals surface area contributed by atoms with Crippen LogP contribution in [0.2, 0.25) is 0 Å². The highest BCUT2D eigenvalue weighted by Crippen LogP contribution is 2.30. The van der Waals surface area contributed by atoms with Crippen LogP contribution in [0.5, 0.6) is 11.6 Å². The summed E-state index contributed by atoms with van der Waals surface area (Å²) in [6, 6.07) is 15.2. The number of para-hydroxylation sites is 1. The minimum atomic E-state index is -0.498. The lowest BCUT2D eigenvalue weighted by molar-refractivity contribution is -0.385. The molecule has 0 unspecified atom stereocenters. The lowest BCUT2D eigenvalue weighted by atomic mass is 10.1. The average Bonchev–Trinajstić information content (AvgIpc) is 2.67. The Hall–Kier alpha value is -3.74. The van der Waals surface area contributed by atoms with Crippen molar-refractivity contribution in [2.75, 3.05) is 5.32 Å². The minimum Gasteiger partial charge on any atom is -0.437 e. The number of benzene rings is 2. The Balaban J connectivity index is 1.79. The van der Waals surface area contributed by atoms with Crippen LogP contribution in [0.15, 0.2) is 60.8 Å². The Kier molecular flexibility index (Phi) is 5.64. The zero-order valence-electron chi connectivity index (χ0n) is 15.5. The number of hydrogen-bond acceptors (Lipinski definition) is 5. The summed E-state index contributed by atoms with van der Waals surface area (Å²) in [7, 11) is 0. The van der Waals surface area contributed by atoms with Gasteiger partial charge in [0.1, 0.15) is 11.4 Å². The number of nitrogens with one attached hydrogen (secondary N) is 1. The van der Waals surface area contributed by atoms with Crippen LogP contribution < -0.4 is 10.1 Å². The van der Waals surface area contributed by atoms with Crippen molar-refractivity contribution in [2.45, 2.75) is 20.3 Å². The molecule has 1 N–H and O–H groups in total. The molecule has 3 aromatic rings. The fourth-order valence-corrected chi connectivity index (χ4v) is 2.71. The predicted octanol–water partition coefficient (Wildman–Crippen LogP) is 4.58. The number of carbonyl (C=O) groups excluding carboxylic acids is 1. The van der Waals surface area contributed by atoms with E-state index in [1.807, 2.05) is 32.0 Å². The molecule has 0 radical (unpaired) electrons. The second kappa shape index (κ2) is 8.30. The molecule has 0 bridgehead atoms. The SMILES string of the molecule is Cc1cccc(Oc2ncccc2NC(=O)Cc2ccccc2[N+](=O)[O-])c1C. The first-order chi connectivity index (χ1) is 13.5. The Morgan fingerprint density at radius 1 is 1.11 bits per heavy atom. The third-order valence-corrected chi connectivity index (χ3v) is 4.35. The van der Waals surface area contributed by atoms with Gasteiger partial charge in [-0.3, -0.25) is 14.9 Å². The number of nitro groups is 1. The molecule has 0 spiro atoms. The van der Waals surface area contributed by atoms with Crippen LogP contribution in [0.4, 0.5) is 11.4 Å². The smallest absolute Gasteiger partial charge is 0.273 e. The molecule has 28 heavy (non-hydrogen) atoms. The van der Waals surface area contributed by atoms with Crippen LogP contribution in [0.25, 0.3) is 0 Å². The molecule has 142 valence electrons. The van der Waals surface area contributed by atoms with Gasteiger partial charge in [0.05, 0.1) is 11.3 Å². The van der Waals surface area contributed by atoms with E-state index in [0.717, 1.165) is 11.1 Å². The number of carbonyl (C=O) groups is 1. The van der Waals surface area contributed by atoms with E-state index in [2.05, 4.69) is 10.3 Å². The normalized spacial score (nSPS) is 10.4. The molecule has 0 fully saturated rings. The van der Waals surface area contributed by atoms with Gasteiger partial charge in [-0.1, -0.05) is 30.3 Å². The highest BCUT2D eigenvalue weighted by molar-refractivity contribution is 5.93. The maximum atomic E-state index is 12.5. The van der Waals surface area contributed by atoms with Crippen molar-refractivity contribution in [3.63, 3.8) is 0 Å². The number of aromatic nitrogens is 1. The van der Waals surface area contributed by atoms with E-state index < -0.39 is 10.8 Å². The maximum Gasteiger partial charge on any atom is 0.273 e. The Morgan fingerprint density at radius 3 is 2.68 bits per heavy atom. The minimum absolute atomic E-state index is 0.0873. The summed E-state index contributed by atoms with van der Waals surface area (Å²) >= 11 is 0. The topological polar surface area (TPSA) is 94.4 Å². The summed E-state index contributed by atoms with van der Waals surface area (Å²) in [6.07, 6.45) is 1.44. The summed E-state index contributed by atoms with van der Waals surface area (Å²) in [4.78, 5) is 27.3. The predicted molar refractivity (Wildman–Crippen MR) is 106 cm³/mol. The van der Waals surface area contributed by atoms with Gasteiger partial charge in [0.15, 0.2) is 0 Å². The second-order valence-corrected chi connectivity index (χ2v) is 6.27. The van der Waals surface area contributed by atoms with Gasteiger partial charge in [-0.15, -0.1) is 0 Å². The molecule has 1 heterocycles. The first-order valence-corrected chi connectivity index (χ1v) is 8.67. The van der Waals surface area contributed by atoms with Crippen molar-refractivity contribution >= 4 is 17.3 Å². The number of rotatable bonds is 6. The van der Waals surface area contributed by atoms with Crippen molar-refractivity contribution in [3.8, 4) is 11.6 Å². The molecule has 0 aliphatic carbocycles. The molecule has 2 aromatic carbocycles. The fourth-order valence-electron chi connectivity index (χ4n) is 2.71. The molecule has 7 nitrogen and oxygen atoms in total. The number of anilines is 1. The number of pyridine rings is 1. The Bertz CT molecular complexity index is 1030. The Labute approximate surface area is 162 Å². The van der Waals surface area contributed by atoms with Gasteiger partial charge in [0.2, 0.25) is 11.8 Å². The third kappa shape index (κ3) is 4.32. The molecule has 1 amide bonds. The number of hydrogen-bond donors (Lipinski definition) is 1. The zero-order valence-corrected chi connectivity index (χ0v) is 15.5. The van der Waals surface area contributed by atoms with E-state index >= 15 is 0 Å². The molecular formula is C21H19N3O4. The van der Waals surface area contributed by atoms with Gasteiger partial charge in [-0.2, -0.15) is 0 Å². The summed E-state index contributed by atoms with van der Waals surface area (Å²) < 4.78 is 5.90. The van der Waals surface area contributed by atoms with E-state index in [4.69, 9.17) is 4.74 Å². The number of nitro benzene ring substituents is 1. The number of ether oxygens (including phenoxy) is 1. The van der Waals surface area contributed by atoms with Gasteiger partial charge in [0.25, 0.3) is 5.69 Å². The first kappa shape index (κ1) is 19.0. The second-order valence-electron chi connectivity index (χ2n) is 6.27. The van der Waals surface area contributed by atoms with E-state index in [0.29, 0.717) is 17.0 Å². The van der Waals surface area contributed by atoms with Gasteiger partial charge < -0.3 is 10.1 Å². The molecule has 0 aliphatic rings. The highest BCUT2D eigenvalue weighted by Gasteiger charge is 2.17. The fraction of sp³-hybridized carbons (Fsp3) is 0.143. The lowest BCUT2D eigenvalue weighted by Crippen LogP contribution is -2.16. The number of nitrogens with zero attached hydrogens (tertiary/aromatic N) is 2. The largest absolute Gasteiger partial charge is 0.437 e. The van der Waals surface area contributed by atoms with Crippen molar-refractivity contribution in [1.29, 1.82) is 0 Å².